The van der Waals surface area contributed by atoms with Crippen LogP contribution in [-0.2, 0) is 27.2 Å². The Balaban J connectivity index is 1.96. The number of methoxy groups -OCH3 is 1. The first-order valence-corrected chi connectivity index (χ1v) is 11.8. The summed E-state index contributed by atoms with van der Waals surface area (Å²) in [6.45, 7) is 3.73. The van der Waals surface area contributed by atoms with Gasteiger partial charge in [-0.05, 0) is 68.9 Å². The van der Waals surface area contributed by atoms with Crippen molar-refractivity contribution >= 4 is 35.2 Å². The molecule has 0 spiro atoms. The number of esters is 1. The van der Waals surface area contributed by atoms with Crippen molar-refractivity contribution in [2.24, 2.45) is 0 Å². The summed E-state index contributed by atoms with van der Waals surface area (Å²) >= 11 is 1.40. The van der Waals surface area contributed by atoms with Crippen LogP contribution in [0.15, 0.2) is 36.4 Å². The second-order valence-electron chi connectivity index (χ2n) is 7.77. The Morgan fingerprint density at radius 3 is 2.39 bits per heavy atom. The normalized spacial score (nSPS) is 11.7. The van der Waals surface area contributed by atoms with E-state index in [1.165, 1.54) is 61.5 Å². The predicted molar refractivity (Wildman–Crippen MR) is 126 cm³/mol. The fourth-order valence-electron chi connectivity index (χ4n) is 3.64. The molecule has 0 fully saturated rings. The van der Waals surface area contributed by atoms with Crippen LogP contribution < -0.4 is 4.90 Å². The average Bonchev–Trinajstić information content (AvgIpc) is 3.25. The van der Waals surface area contributed by atoms with Gasteiger partial charge < -0.3 is 9.64 Å². The first-order chi connectivity index (χ1) is 15.0. The van der Waals surface area contributed by atoms with Gasteiger partial charge in [-0.15, -0.1) is 11.3 Å². The van der Waals surface area contributed by atoms with Crippen molar-refractivity contribution in [3.63, 3.8) is 0 Å². The number of thiophene rings is 1. The molecule has 1 aromatic heterocycles. The molecule has 2 aromatic rings. The zero-order valence-electron chi connectivity index (χ0n) is 18.8. The minimum Gasteiger partial charge on any atom is -0.465 e. The molecule has 6 heteroatoms. The van der Waals surface area contributed by atoms with Crippen LogP contribution in [0.1, 0.15) is 72.5 Å². The number of rotatable bonds is 14. The number of ether oxygens (including phenoxy) is 1. The van der Waals surface area contributed by atoms with E-state index < -0.39 is 6.04 Å². The Kier molecular flexibility index (Phi) is 10.4. The van der Waals surface area contributed by atoms with E-state index in [1.54, 1.807) is 6.07 Å². The summed E-state index contributed by atoms with van der Waals surface area (Å²) in [7, 11) is 1.37. The highest BCUT2D eigenvalue weighted by molar-refractivity contribution is 7.13. The standard InChI is InChI=1S/C25H33NO4S/c1-4-5-6-7-9-20-12-14-21(15-13-20)26(18-27)23(19(2)28)11-8-10-22-16-17-24(31-22)25(29)30-3/h12-18,23H,4-11H2,1-3H3. The van der Waals surface area contributed by atoms with E-state index >= 15 is 0 Å². The number of hydrogen-bond acceptors (Lipinski definition) is 5. The number of carbonyl (C=O) groups excluding carboxylic acids is 3. The lowest BCUT2D eigenvalue weighted by molar-refractivity contribution is -0.120. The van der Waals surface area contributed by atoms with Gasteiger partial charge in [0.05, 0.1) is 13.2 Å². The molecule has 1 unspecified atom stereocenters. The van der Waals surface area contributed by atoms with E-state index in [9.17, 15) is 14.4 Å². The minimum absolute atomic E-state index is 0.0304. The van der Waals surface area contributed by atoms with Gasteiger partial charge in [0.2, 0.25) is 6.41 Å². The molecule has 31 heavy (non-hydrogen) atoms. The number of benzene rings is 1. The molecule has 2 rings (SSSR count). The molecule has 1 heterocycles. The van der Waals surface area contributed by atoms with E-state index in [0.717, 1.165) is 36.2 Å². The van der Waals surface area contributed by atoms with Gasteiger partial charge in [-0.1, -0.05) is 38.3 Å². The quantitative estimate of drug-likeness (QED) is 0.217. The maximum Gasteiger partial charge on any atom is 0.348 e. The smallest absolute Gasteiger partial charge is 0.348 e. The fourth-order valence-corrected chi connectivity index (χ4v) is 4.60. The van der Waals surface area contributed by atoms with Gasteiger partial charge in [-0.2, -0.15) is 0 Å². The largest absolute Gasteiger partial charge is 0.465 e. The van der Waals surface area contributed by atoms with Gasteiger partial charge in [0.1, 0.15) is 4.88 Å². The third kappa shape index (κ3) is 7.62. The first-order valence-electron chi connectivity index (χ1n) is 11.0. The van der Waals surface area contributed by atoms with E-state index in [1.807, 2.05) is 18.2 Å². The molecule has 1 amide bonds. The lowest BCUT2D eigenvalue weighted by Crippen LogP contribution is -2.39. The predicted octanol–water partition coefficient (Wildman–Crippen LogP) is 5.60. The fraction of sp³-hybridized carbons (Fsp3) is 0.480. The molecule has 0 saturated heterocycles. The number of nitrogens with zero attached hydrogens (tertiary/aromatic N) is 1. The highest BCUT2D eigenvalue weighted by atomic mass is 32.1. The third-order valence-corrected chi connectivity index (χ3v) is 6.55. The summed E-state index contributed by atoms with van der Waals surface area (Å²) < 4.78 is 4.74. The Labute approximate surface area is 189 Å². The van der Waals surface area contributed by atoms with Crippen LogP contribution in [-0.4, -0.2) is 31.3 Å². The second-order valence-corrected chi connectivity index (χ2v) is 8.93. The van der Waals surface area contributed by atoms with Crippen molar-refractivity contribution in [1.82, 2.24) is 0 Å². The van der Waals surface area contributed by atoms with Crippen LogP contribution >= 0.6 is 11.3 Å². The molecule has 1 aromatic carbocycles. The summed E-state index contributed by atoms with van der Waals surface area (Å²) in [5, 5.41) is 0. The summed E-state index contributed by atoms with van der Waals surface area (Å²) in [5.74, 6) is -0.365. The van der Waals surface area contributed by atoms with Crippen LogP contribution in [0.5, 0.6) is 0 Å². The lowest BCUT2D eigenvalue weighted by atomic mass is 10.0. The highest BCUT2D eigenvalue weighted by Crippen LogP contribution is 2.23. The molecule has 0 bridgehead atoms. The summed E-state index contributed by atoms with van der Waals surface area (Å²) in [6, 6.07) is 11.1. The van der Waals surface area contributed by atoms with Crippen molar-refractivity contribution in [3.05, 3.63) is 51.7 Å². The number of carbonyl (C=O) groups is 3. The van der Waals surface area contributed by atoms with Crippen molar-refractivity contribution in [2.75, 3.05) is 12.0 Å². The topological polar surface area (TPSA) is 63.7 Å². The SMILES string of the molecule is CCCCCCc1ccc(N(C=O)C(CCCc2ccc(C(=O)OC)s2)C(C)=O)cc1. The average molecular weight is 444 g/mol. The van der Waals surface area contributed by atoms with E-state index in [-0.39, 0.29) is 11.8 Å². The zero-order chi connectivity index (χ0) is 22.6. The van der Waals surface area contributed by atoms with Crippen LogP contribution in [0.3, 0.4) is 0 Å². The second kappa shape index (κ2) is 13.1. The molecule has 168 valence electrons. The van der Waals surface area contributed by atoms with Crippen LogP contribution in [0, 0.1) is 0 Å². The number of amides is 1. The van der Waals surface area contributed by atoms with Crippen molar-refractivity contribution in [2.45, 2.75) is 71.3 Å². The number of ketones is 1. The maximum absolute atomic E-state index is 12.3. The highest BCUT2D eigenvalue weighted by Gasteiger charge is 2.23. The van der Waals surface area contributed by atoms with Crippen LogP contribution in [0.4, 0.5) is 5.69 Å². The number of aryl methyl sites for hydroxylation is 2. The molecular weight excluding hydrogens is 410 g/mol. The minimum atomic E-state index is -0.493. The third-order valence-electron chi connectivity index (χ3n) is 5.42. The van der Waals surface area contributed by atoms with Gasteiger partial charge in [-0.25, -0.2) is 4.79 Å². The Morgan fingerprint density at radius 1 is 1.03 bits per heavy atom. The molecule has 0 aliphatic heterocycles. The van der Waals surface area contributed by atoms with E-state index in [0.29, 0.717) is 11.3 Å². The zero-order valence-corrected chi connectivity index (χ0v) is 19.6. The van der Waals surface area contributed by atoms with Crippen molar-refractivity contribution in [3.8, 4) is 0 Å². The molecule has 0 radical (unpaired) electrons. The molecule has 0 N–H and O–H groups in total. The van der Waals surface area contributed by atoms with E-state index in [2.05, 4.69) is 19.1 Å². The van der Waals surface area contributed by atoms with Gasteiger partial charge >= 0.3 is 5.97 Å². The van der Waals surface area contributed by atoms with Crippen LogP contribution in [0.25, 0.3) is 0 Å². The lowest BCUT2D eigenvalue weighted by Gasteiger charge is -2.26. The maximum atomic E-state index is 12.3. The molecular formula is C25H33NO4S. The number of Topliss-reactive ketones (excluding diaryl/α,β-unsaturated/α-hetero) is 1. The van der Waals surface area contributed by atoms with Crippen LogP contribution in [0.2, 0.25) is 0 Å². The monoisotopic (exact) mass is 443 g/mol. The number of hydrogen-bond donors (Lipinski definition) is 0. The molecule has 0 aliphatic carbocycles. The molecule has 0 aliphatic rings. The van der Waals surface area contributed by atoms with E-state index in [4.69, 9.17) is 4.74 Å². The number of anilines is 1. The Morgan fingerprint density at radius 2 is 1.77 bits per heavy atom. The number of unbranched alkanes of at least 4 members (excludes halogenated alkanes) is 3. The van der Waals surface area contributed by atoms with Gasteiger partial charge in [0, 0.05) is 10.6 Å². The van der Waals surface area contributed by atoms with Gasteiger partial charge in [-0.3, -0.25) is 9.59 Å². The Hall–Kier alpha value is -2.47. The van der Waals surface area contributed by atoms with Gasteiger partial charge in [0.25, 0.3) is 0 Å². The Bertz CT molecular complexity index is 843. The summed E-state index contributed by atoms with van der Waals surface area (Å²) in [5.41, 5.74) is 2.00. The first kappa shape index (κ1) is 24.8. The van der Waals surface area contributed by atoms with Gasteiger partial charge in [0.15, 0.2) is 5.78 Å². The van der Waals surface area contributed by atoms with Crippen molar-refractivity contribution in [1.29, 1.82) is 0 Å². The molecule has 0 saturated carbocycles. The summed E-state index contributed by atoms with van der Waals surface area (Å²) in [6.07, 6.45) is 8.72. The summed E-state index contributed by atoms with van der Waals surface area (Å²) in [4.78, 5) is 38.9. The molecule has 5 nitrogen and oxygen atoms in total. The molecule has 1 atom stereocenters. The van der Waals surface area contributed by atoms with Crippen molar-refractivity contribution < 1.29 is 19.1 Å².